The smallest absolute Gasteiger partial charge is 0.410 e. The lowest BCUT2D eigenvalue weighted by Crippen LogP contribution is -2.49. The van der Waals surface area contributed by atoms with E-state index in [-0.39, 0.29) is 22.1 Å². The number of amides is 1. The Morgan fingerprint density at radius 3 is 2.19 bits per heavy atom. The Hall–Kier alpha value is -2.51. The molecule has 0 radical (unpaired) electrons. The molecule has 0 N–H and O–H groups in total. The first-order valence-corrected chi connectivity index (χ1v) is 11.7. The van der Waals surface area contributed by atoms with Crippen molar-refractivity contribution in [3.05, 3.63) is 27.8 Å². The van der Waals surface area contributed by atoms with Crippen LogP contribution in [0.2, 0.25) is 0 Å². The topological polar surface area (TPSA) is 85.2 Å². The van der Waals surface area contributed by atoms with Crippen LogP contribution in [0.3, 0.4) is 0 Å². The van der Waals surface area contributed by atoms with E-state index in [1.807, 2.05) is 31.7 Å². The lowest BCUT2D eigenvalue weighted by molar-refractivity contribution is -0.385. The average molecular weight is 446 g/mol. The van der Waals surface area contributed by atoms with Gasteiger partial charge < -0.3 is 19.3 Å². The summed E-state index contributed by atoms with van der Waals surface area (Å²) in [6, 6.07) is 3.60. The van der Waals surface area contributed by atoms with E-state index in [0.29, 0.717) is 11.7 Å². The zero-order valence-electron chi connectivity index (χ0n) is 19.7. The molecule has 0 aromatic heterocycles. The maximum atomic E-state index is 12.4. The quantitative estimate of drug-likeness (QED) is 0.474. The van der Waals surface area contributed by atoms with Crippen LogP contribution in [0, 0.1) is 15.5 Å². The van der Waals surface area contributed by atoms with E-state index in [1.165, 1.54) is 7.11 Å². The predicted octanol–water partition coefficient (Wildman–Crippen LogP) is 5.10. The molecule has 1 amide bonds. The number of nitro groups is 1. The van der Waals surface area contributed by atoms with Gasteiger partial charge in [-0.05, 0) is 76.2 Å². The molecule has 4 rings (SSSR count). The Labute approximate surface area is 190 Å². The molecular formula is C24H35N3O5. The molecule has 1 aromatic carbocycles. The minimum Gasteiger partial charge on any atom is -0.490 e. The molecule has 2 saturated heterocycles. The van der Waals surface area contributed by atoms with Gasteiger partial charge in [-0.15, -0.1) is 0 Å². The van der Waals surface area contributed by atoms with Crippen LogP contribution in [0.1, 0.15) is 70.8 Å². The standard InChI is InChI=1S/C24H35N3O5/c1-23(2,3)32-22(28)26-13-9-24(10-14-26)7-11-25(12-8-24)19-16-21(31-4)20(27(29)30)15-18(19)17-5-6-17/h15-17H,5-14H2,1-4H3. The number of methoxy groups -OCH3 is 1. The van der Waals surface area contributed by atoms with Crippen LogP contribution >= 0.6 is 0 Å². The van der Waals surface area contributed by atoms with Crippen molar-refractivity contribution < 1.29 is 19.2 Å². The highest BCUT2D eigenvalue weighted by Gasteiger charge is 2.40. The van der Waals surface area contributed by atoms with E-state index in [4.69, 9.17) is 9.47 Å². The Bertz CT molecular complexity index is 872. The minimum absolute atomic E-state index is 0.0566. The second kappa shape index (κ2) is 8.45. The first-order valence-electron chi connectivity index (χ1n) is 11.7. The Morgan fingerprint density at radius 1 is 1.09 bits per heavy atom. The minimum atomic E-state index is -0.470. The van der Waals surface area contributed by atoms with Crippen molar-refractivity contribution in [2.45, 2.75) is 70.8 Å². The molecule has 2 aliphatic heterocycles. The number of piperidine rings is 2. The fourth-order valence-electron chi connectivity index (χ4n) is 5.09. The fraction of sp³-hybridized carbons (Fsp3) is 0.708. The molecule has 1 saturated carbocycles. The second-order valence-electron chi connectivity index (χ2n) is 10.6. The van der Waals surface area contributed by atoms with Crippen LogP contribution in [0.15, 0.2) is 12.1 Å². The number of carbonyl (C=O) groups excluding carboxylic acids is 1. The first-order chi connectivity index (χ1) is 15.1. The molecule has 0 unspecified atom stereocenters. The molecule has 0 bridgehead atoms. The molecule has 3 aliphatic rings. The van der Waals surface area contributed by atoms with Crippen LogP contribution in [0.5, 0.6) is 5.75 Å². The number of ether oxygens (including phenoxy) is 2. The Kier molecular flexibility index (Phi) is 5.98. The van der Waals surface area contributed by atoms with Gasteiger partial charge in [-0.25, -0.2) is 4.79 Å². The van der Waals surface area contributed by atoms with Gasteiger partial charge in [-0.2, -0.15) is 0 Å². The van der Waals surface area contributed by atoms with Crippen molar-refractivity contribution in [1.29, 1.82) is 0 Å². The highest BCUT2D eigenvalue weighted by molar-refractivity contribution is 5.68. The predicted molar refractivity (Wildman–Crippen MR) is 123 cm³/mol. The number of nitrogens with zero attached hydrogens (tertiary/aromatic N) is 3. The summed E-state index contributed by atoms with van der Waals surface area (Å²) < 4.78 is 10.9. The first kappa shape index (κ1) is 22.7. The third-order valence-corrected chi connectivity index (χ3v) is 7.18. The molecule has 1 aromatic rings. The largest absolute Gasteiger partial charge is 0.490 e. The number of hydrogen-bond acceptors (Lipinski definition) is 6. The molecule has 32 heavy (non-hydrogen) atoms. The summed E-state index contributed by atoms with van der Waals surface area (Å²) >= 11 is 0. The van der Waals surface area contributed by atoms with Crippen molar-refractivity contribution in [2.75, 3.05) is 38.2 Å². The monoisotopic (exact) mass is 445 g/mol. The summed E-state index contributed by atoms with van der Waals surface area (Å²) in [7, 11) is 1.49. The van der Waals surface area contributed by atoms with E-state index < -0.39 is 5.60 Å². The summed E-state index contributed by atoms with van der Waals surface area (Å²) in [4.78, 5) is 27.8. The molecular weight excluding hydrogens is 410 g/mol. The van der Waals surface area contributed by atoms with E-state index in [9.17, 15) is 14.9 Å². The van der Waals surface area contributed by atoms with Gasteiger partial charge in [0.05, 0.1) is 12.0 Å². The molecule has 2 heterocycles. The summed E-state index contributed by atoms with van der Waals surface area (Å²) in [6.07, 6.45) is 6.11. The summed E-state index contributed by atoms with van der Waals surface area (Å²) in [5.74, 6) is 0.753. The average Bonchev–Trinajstić information content (AvgIpc) is 3.58. The van der Waals surface area contributed by atoms with Gasteiger partial charge in [0.25, 0.3) is 0 Å². The molecule has 1 aliphatic carbocycles. The van der Waals surface area contributed by atoms with Crippen LogP contribution in [0.4, 0.5) is 16.2 Å². The van der Waals surface area contributed by atoms with E-state index in [2.05, 4.69) is 4.90 Å². The zero-order chi connectivity index (χ0) is 23.1. The van der Waals surface area contributed by atoms with Gasteiger partial charge in [0.2, 0.25) is 0 Å². The normalized spacial score (nSPS) is 20.9. The zero-order valence-corrected chi connectivity index (χ0v) is 19.7. The number of likely N-dealkylation sites (tertiary alicyclic amines) is 1. The van der Waals surface area contributed by atoms with Gasteiger partial charge in [0, 0.05) is 44.0 Å². The van der Waals surface area contributed by atoms with Gasteiger partial charge >= 0.3 is 11.8 Å². The molecule has 0 atom stereocenters. The highest BCUT2D eigenvalue weighted by atomic mass is 16.6. The van der Waals surface area contributed by atoms with Crippen molar-refractivity contribution >= 4 is 17.5 Å². The summed E-state index contributed by atoms with van der Waals surface area (Å²) in [5, 5.41) is 11.5. The number of hydrogen-bond donors (Lipinski definition) is 0. The third-order valence-electron chi connectivity index (χ3n) is 7.18. The maximum Gasteiger partial charge on any atom is 0.410 e. The Morgan fingerprint density at radius 2 is 1.69 bits per heavy atom. The molecule has 176 valence electrons. The van der Waals surface area contributed by atoms with Crippen molar-refractivity contribution in [2.24, 2.45) is 5.41 Å². The molecule has 1 spiro atoms. The van der Waals surface area contributed by atoms with Crippen LogP contribution in [0.25, 0.3) is 0 Å². The highest BCUT2D eigenvalue weighted by Crippen LogP contribution is 2.50. The van der Waals surface area contributed by atoms with E-state index in [0.717, 1.165) is 76.0 Å². The van der Waals surface area contributed by atoms with Crippen molar-refractivity contribution in [3.63, 3.8) is 0 Å². The van der Waals surface area contributed by atoms with Gasteiger partial charge in [0.1, 0.15) is 5.60 Å². The number of benzene rings is 1. The molecule has 8 heteroatoms. The SMILES string of the molecule is COc1cc(N2CCC3(CCN(C(=O)OC(C)(C)C)CC3)CC2)c(C2CC2)cc1[N+](=O)[O-]. The summed E-state index contributed by atoms with van der Waals surface area (Å²) in [6.45, 7) is 9.03. The van der Waals surface area contributed by atoms with Crippen LogP contribution in [-0.2, 0) is 4.74 Å². The lowest BCUT2D eigenvalue weighted by atomic mass is 9.71. The van der Waals surface area contributed by atoms with E-state index >= 15 is 0 Å². The van der Waals surface area contributed by atoms with Crippen molar-refractivity contribution in [3.8, 4) is 5.75 Å². The second-order valence-corrected chi connectivity index (χ2v) is 10.6. The van der Waals surface area contributed by atoms with Gasteiger partial charge in [0.15, 0.2) is 5.75 Å². The Balaban J connectivity index is 1.42. The number of carbonyl (C=O) groups is 1. The lowest BCUT2D eigenvalue weighted by Gasteiger charge is -2.47. The van der Waals surface area contributed by atoms with Crippen molar-refractivity contribution in [1.82, 2.24) is 4.90 Å². The summed E-state index contributed by atoms with van der Waals surface area (Å²) in [5.41, 5.74) is 2.03. The third kappa shape index (κ3) is 4.79. The number of anilines is 1. The van der Waals surface area contributed by atoms with E-state index in [1.54, 1.807) is 6.07 Å². The maximum absolute atomic E-state index is 12.4. The number of nitro benzene ring substituents is 1. The van der Waals surface area contributed by atoms with Gasteiger partial charge in [-0.1, -0.05) is 0 Å². The molecule has 8 nitrogen and oxygen atoms in total. The van der Waals surface area contributed by atoms with Crippen LogP contribution < -0.4 is 9.64 Å². The molecule has 3 fully saturated rings. The fourth-order valence-corrected chi connectivity index (χ4v) is 5.09. The number of rotatable bonds is 4. The van der Waals surface area contributed by atoms with Gasteiger partial charge in [-0.3, -0.25) is 10.1 Å². The van der Waals surface area contributed by atoms with Crippen LogP contribution in [-0.4, -0.2) is 54.8 Å².